The molecule has 0 saturated heterocycles. The minimum absolute atomic E-state index is 0.331. The first-order chi connectivity index (χ1) is 14.4. The number of ether oxygens (including phenoxy) is 5. The van der Waals surface area contributed by atoms with Crippen LogP contribution in [0.3, 0.4) is 0 Å². The molecule has 0 bridgehead atoms. The smallest absolute Gasteiger partial charge is 0.164 e. The van der Waals surface area contributed by atoms with E-state index in [0.29, 0.717) is 29.6 Å². The Kier molecular flexibility index (Phi) is 4.98. The normalized spacial score (nSPS) is 18.4. The minimum atomic E-state index is -0.371. The first-order valence-electron chi connectivity index (χ1n) is 9.79. The fourth-order valence-electron chi connectivity index (χ4n) is 3.66. The number of benzene rings is 2. The predicted octanol–water partition coefficient (Wildman–Crippen LogP) is 5.38. The molecule has 2 aromatic rings. The van der Waals surface area contributed by atoms with Crippen LogP contribution >= 0.6 is 0 Å². The highest BCUT2D eigenvalue weighted by Crippen LogP contribution is 2.44. The summed E-state index contributed by atoms with van der Waals surface area (Å²) < 4.78 is 29.3. The van der Waals surface area contributed by atoms with Crippen LogP contribution in [0.25, 0.3) is 17.7 Å². The van der Waals surface area contributed by atoms with Crippen molar-refractivity contribution in [3.05, 3.63) is 60.2 Å². The molecule has 0 unspecified atom stereocenters. The largest absolute Gasteiger partial charge is 0.493 e. The Morgan fingerprint density at radius 2 is 1.83 bits per heavy atom. The maximum Gasteiger partial charge on any atom is 0.164 e. The number of rotatable bonds is 5. The monoisotopic (exact) mass is 406 g/mol. The number of fused-ring (bicyclic) bond motifs is 2. The van der Waals surface area contributed by atoms with Crippen molar-refractivity contribution >= 4 is 17.7 Å². The van der Waals surface area contributed by atoms with Gasteiger partial charge in [0.05, 0.1) is 19.8 Å². The maximum atomic E-state index is 6.44. The molecule has 5 heteroatoms. The Balaban J connectivity index is 1.70. The van der Waals surface area contributed by atoms with Gasteiger partial charge in [0.15, 0.2) is 17.6 Å². The summed E-state index contributed by atoms with van der Waals surface area (Å²) in [6.45, 7) is 12.6. The van der Waals surface area contributed by atoms with Gasteiger partial charge >= 0.3 is 0 Å². The van der Waals surface area contributed by atoms with Gasteiger partial charge in [-0.25, -0.2) is 0 Å². The van der Waals surface area contributed by atoms with Crippen molar-refractivity contribution in [2.45, 2.75) is 25.6 Å². The van der Waals surface area contributed by atoms with Crippen LogP contribution in [0, 0.1) is 0 Å². The van der Waals surface area contributed by atoms with Crippen molar-refractivity contribution < 1.29 is 23.7 Å². The molecule has 0 saturated carbocycles. The average Bonchev–Trinajstić information content (AvgIpc) is 2.74. The molecular formula is C25H26O5. The second kappa shape index (κ2) is 7.48. The highest BCUT2D eigenvalue weighted by Gasteiger charge is 2.30. The van der Waals surface area contributed by atoms with E-state index in [9.17, 15) is 0 Å². The van der Waals surface area contributed by atoms with E-state index >= 15 is 0 Å². The summed E-state index contributed by atoms with van der Waals surface area (Å²) in [5, 5.41) is 0. The van der Waals surface area contributed by atoms with Crippen LogP contribution in [-0.4, -0.2) is 32.5 Å². The van der Waals surface area contributed by atoms with Crippen molar-refractivity contribution in [1.29, 1.82) is 0 Å². The van der Waals surface area contributed by atoms with Gasteiger partial charge in [-0.2, -0.15) is 0 Å². The zero-order valence-corrected chi connectivity index (χ0v) is 17.8. The standard InChI is InChI=1S/C25H26O5/c1-7-16-8-9-19-17(10-11-25(3,4)30-19)24(16)29-23-14-28-20-13-22(27-6)21(26-5)12-18(20)15(23)2/h7-13,23H,1-2,14H2,3-6H3/t23-/m1/s1. The van der Waals surface area contributed by atoms with E-state index in [1.165, 1.54) is 0 Å². The van der Waals surface area contributed by atoms with E-state index in [-0.39, 0.29) is 11.7 Å². The molecule has 4 rings (SSSR count). The zero-order chi connectivity index (χ0) is 21.5. The van der Waals surface area contributed by atoms with Crippen LogP contribution in [0.2, 0.25) is 0 Å². The molecule has 30 heavy (non-hydrogen) atoms. The first kappa shape index (κ1) is 20.0. The Bertz CT molecular complexity index is 1050. The van der Waals surface area contributed by atoms with Crippen molar-refractivity contribution in [3.8, 4) is 28.7 Å². The molecule has 0 aliphatic carbocycles. The van der Waals surface area contributed by atoms with Gasteiger partial charge in [-0.05, 0) is 49.8 Å². The lowest BCUT2D eigenvalue weighted by atomic mass is 9.97. The summed E-state index contributed by atoms with van der Waals surface area (Å²) >= 11 is 0. The molecule has 0 amide bonds. The first-order valence-corrected chi connectivity index (χ1v) is 9.79. The van der Waals surface area contributed by atoms with E-state index in [2.05, 4.69) is 13.2 Å². The fraction of sp³-hybridized carbons (Fsp3) is 0.280. The topological polar surface area (TPSA) is 46.2 Å². The molecule has 0 fully saturated rings. The second-order valence-corrected chi connectivity index (χ2v) is 7.78. The van der Waals surface area contributed by atoms with E-state index in [1.54, 1.807) is 20.3 Å². The van der Waals surface area contributed by atoms with E-state index < -0.39 is 0 Å². The van der Waals surface area contributed by atoms with Crippen molar-refractivity contribution in [2.24, 2.45) is 0 Å². The molecule has 5 nitrogen and oxygen atoms in total. The lowest BCUT2D eigenvalue weighted by Gasteiger charge is -2.32. The third-order valence-corrected chi connectivity index (χ3v) is 5.30. The second-order valence-electron chi connectivity index (χ2n) is 7.78. The molecule has 2 heterocycles. The summed E-state index contributed by atoms with van der Waals surface area (Å²) in [4.78, 5) is 0. The van der Waals surface area contributed by atoms with Crippen molar-refractivity contribution in [3.63, 3.8) is 0 Å². The summed E-state index contributed by atoms with van der Waals surface area (Å²) in [6.07, 6.45) is 5.46. The van der Waals surface area contributed by atoms with Gasteiger partial charge in [-0.1, -0.05) is 19.2 Å². The minimum Gasteiger partial charge on any atom is -0.493 e. The molecule has 0 aromatic heterocycles. The molecule has 0 spiro atoms. The van der Waals surface area contributed by atoms with Gasteiger partial charge in [-0.3, -0.25) is 0 Å². The predicted molar refractivity (Wildman–Crippen MR) is 119 cm³/mol. The third kappa shape index (κ3) is 3.41. The summed E-state index contributed by atoms with van der Waals surface area (Å²) in [6, 6.07) is 7.58. The van der Waals surface area contributed by atoms with Crippen LogP contribution in [0.15, 0.2) is 43.5 Å². The summed E-state index contributed by atoms with van der Waals surface area (Å²) in [5.41, 5.74) is 3.05. The Morgan fingerprint density at radius 3 is 2.53 bits per heavy atom. The SMILES string of the molecule is C=Cc1ccc2c(c1O[C@@H]1COc3cc(OC)c(OC)cc3C1=C)C=CC(C)(C)O2. The maximum absolute atomic E-state index is 6.44. The van der Waals surface area contributed by atoms with E-state index in [1.807, 2.05) is 50.3 Å². The molecular weight excluding hydrogens is 380 g/mol. The molecule has 156 valence electrons. The lowest BCUT2D eigenvalue weighted by Crippen LogP contribution is -2.31. The van der Waals surface area contributed by atoms with Gasteiger partial charge in [-0.15, -0.1) is 0 Å². The Morgan fingerprint density at radius 1 is 1.10 bits per heavy atom. The van der Waals surface area contributed by atoms with E-state index in [4.69, 9.17) is 23.7 Å². The summed E-state index contributed by atoms with van der Waals surface area (Å²) in [7, 11) is 3.20. The van der Waals surface area contributed by atoms with Crippen LogP contribution in [-0.2, 0) is 0 Å². The third-order valence-electron chi connectivity index (χ3n) is 5.30. The molecule has 2 aromatic carbocycles. The molecule has 2 aliphatic heterocycles. The van der Waals surface area contributed by atoms with Crippen molar-refractivity contribution in [1.82, 2.24) is 0 Å². The average molecular weight is 406 g/mol. The highest BCUT2D eigenvalue weighted by atomic mass is 16.5. The van der Waals surface area contributed by atoms with Gasteiger partial charge in [0, 0.05) is 17.2 Å². The van der Waals surface area contributed by atoms with Crippen LogP contribution in [0.4, 0.5) is 0 Å². The molecule has 2 aliphatic rings. The summed E-state index contributed by atoms with van der Waals surface area (Å²) in [5.74, 6) is 3.40. The van der Waals surface area contributed by atoms with Crippen molar-refractivity contribution in [2.75, 3.05) is 20.8 Å². The Hall–Kier alpha value is -3.34. The fourth-order valence-corrected chi connectivity index (χ4v) is 3.66. The molecule has 0 N–H and O–H groups in total. The van der Waals surface area contributed by atoms with Gasteiger partial charge in [0.2, 0.25) is 0 Å². The quantitative estimate of drug-likeness (QED) is 0.667. The van der Waals surface area contributed by atoms with Gasteiger partial charge < -0.3 is 23.7 Å². The van der Waals surface area contributed by atoms with Crippen LogP contribution in [0.1, 0.15) is 30.5 Å². The number of methoxy groups -OCH3 is 2. The zero-order valence-electron chi connectivity index (χ0n) is 17.8. The highest BCUT2D eigenvalue weighted by molar-refractivity contribution is 5.78. The van der Waals surface area contributed by atoms with Gasteiger partial charge in [0.25, 0.3) is 0 Å². The number of hydrogen-bond donors (Lipinski definition) is 0. The van der Waals surface area contributed by atoms with Crippen LogP contribution < -0.4 is 23.7 Å². The van der Waals surface area contributed by atoms with E-state index in [0.717, 1.165) is 28.0 Å². The van der Waals surface area contributed by atoms with Gasteiger partial charge in [0.1, 0.15) is 29.5 Å². The Labute approximate surface area is 177 Å². The number of hydrogen-bond acceptors (Lipinski definition) is 5. The van der Waals surface area contributed by atoms with Crippen LogP contribution in [0.5, 0.6) is 28.7 Å². The molecule has 1 atom stereocenters. The lowest BCUT2D eigenvalue weighted by molar-refractivity contribution is 0.149. The molecule has 0 radical (unpaired) electrons.